The number of nitro benzene ring substituents is 1. The fraction of sp³-hybridized carbons (Fsp3) is 0.421. The highest BCUT2D eigenvalue weighted by molar-refractivity contribution is 8.00. The maximum Gasteiger partial charge on any atom is 0.269 e. The fourth-order valence-electron chi connectivity index (χ4n) is 2.39. The number of hydrogen-bond donors (Lipinski definition) is 1. The predicted octanol–water partition coefficient (Wildman–Crippen LogP) is 4.54. The molecule has 10 heteroatoms. The number of ether oxygens (including phenoxy) is 2. The Morgan fingerprint density at radius 2 is 1.86 bits per heavy atom. The number of benzene rings is 1. The summed E-state index contributed by atoms with van der Waals surface area (Å²) >= 11 is 1.48. The smallest absolute Gasteiger partial charge is 0.269 e. The number of anilines is 1. The molecule has 0 aliphatic heterocycles. The van der Waals surface area contributed by atoms with Crippen LogP contribution in [0.1, 0.15) is 32.6 Å². The van der Waals surface area contributed by atoms with Gasteiger partial charge in [-0.05, 0) is 18.6 Å². The Kier molecular flexibility index (Phi) is 9.16. The molecule has 0 saturated carbocycles. The number of thioether (sulfide) groups is 1. The van der Waals surface area contributed by atoms with E-state index in [9.17, 15) is 10.1 Å². The quantitative estimate of drug-likeness (QED) is 0.133. The fourth-order valence-corrected chi connectivity index (χ4v) is 3.36. The monoisotopic (exact) mass is 419 g/mol. The summed E-state index contributed by atoms with van der Waals surface area (Å²) in [7, 11) is 3.09. The lowest BCUT2D eigenvalue weighted by molar-refractivity contribution is -0.384. The van der Waals surface area contributed by atoms with Gasteiger partial charge in [0.15, 0.2) is 5.16 Å². The Bertz CT molecular complexity index is 794. The van der Waals surface area contributed by atoms with Gasteiger partial charge in [-0.2, -0.15) is 15.1 Å². The van der Waals surface area contributed by atoms with Crippen molar-refractivity contribution >= 4 is 29.4 Å². The number of aromatic nitrogens is 2. The number of hydrazone groups is 1. The third-order valence-corrected chi connectivity index (χ3v) is 4.99. The summed E-state index contributed by atoms with van der Waals surface area (Å²) in [5, 5.41) is 15.6. The number of unbranched alkanes of at least 4 members (excludes halogenated alkanes) is 2. The molecule has 0 aliphatic rings. The van der Waals surface area contributed by atoms with Crippen LogP contribution >= 0.6 is 11.8 Å². The predicted molar refractivity (Wildman–Crippen MR) is 114 cm³/mol. The second kappa shape index (κ2) is 11.8. The van der Waals surface area contributed by atoms with E-state index >= 15 is 0 Å². The Morgan fingerprint density at radius 1 is 1.21 bits per heavy atom. The first kappa shape index (κ1) is 22.4. The van der Waals surface area contributed by atoms with Crippen LogP contribution in [0.3, 0.4) is 0 Å². The Morgan fingerprint density at radius 3 is 2.41 bits per heavy atom. The van der Waals surface area contributed by atoms with E-state index in [-0.39, 0.29) is 10.9 Å². The SMILES string of the molecule is CCCCCC(C=NNc1ccc([N+](=O)[O-])cc1)Sc1nc(OC)cc(OC)n1. The van der Waals surface area contributed by atoms with E-state index in [0.717, 1.165) is 25.7 Å². The maximum absolute atomic E-state index is 10.7. The minimum absolute atomic E-state index is 0.0386. The largest absolute Gasteiger partial charge is 0.481 e. The first-order valence-corrected chi connectivity index (χ1v) is 10.1. The van der Waals surface area contributed by atoms with E-state index < -0.39 is 4.92 Å². The van der Waals surface area contributed by atoms with E-state index in [1.165, 1.54) is 23.9 Å². The number of hydrogen-bond acceptors (Lipinski definition) is 9. The third-order valence-electron chi connectivity index (χ3n) is 3.94. The highest BCUT2D eigenvalue weighted by Gasteiger charge is 2.13. The molecule has 0 amide bonds. The van der Waals surface area contributed by atoms with Gasteiger partial charge in [0, 0.05) is 23.6 Å². The number of nitrogens with zero attached hydrogens (tertiary/aromatic N) is 4. The van der Waals surface area contributed by atoms with Crippen molar-refractivity contribution in [1.29, 1.82) is 0 Å². The minimum atomic E-state index is -0.435. The highest BCUT2D eigenvalue weighted by atomic mass is 32.2. The molecule has 156 valence electrons. The lowest BCUT2D eigenvalue weighted by atomic mass is 10.2. The number of methoxy groups -OCH3 is 2. The molecule has 1 unspecified atom stereocenters. The summed E-state index contributed by atoms with van der Waals surface area (Å²) in [5.41, 5.74) is 3.61. The van der Waals surface area contributed by atoms with E-state index in [1.807, 2.05) is 0 Å². The third kappa shape index (κ3) is 7.57. The zero-order valence-electron chi connectivity index (χ0n) is 16.7. The van der Waals surface area contributed by atoms with Crippen LogP contribution in [0.2, 0.25) is 0 Å². The maximum atomic E-state index is 10.7. The van der Waals surface area contributed by atoms with Gasteiger partial charge < -0.3 is 9.47 Å². The van der Waals surface area contributed by atoms with Crippen molar-refractivity contribution < 1.29 is 14.4 Å². The average Bonchev–Trinajstić information content (AvgIpc) is 2.73. The second-order valence-electron chi connectivity index (χ2n) is 6.08. The summed E-state index contributed by atoms with van der Waals surface area (Å²) < 4.78 is 10.4. The Balaban J connectivity index is 2.06. The molecule has 0 bridgehead atoms. The van der Waals surface area contributed by atoms with Crippen molar-refractivity contribution in [2.75, 3.05) is 19.6 Å². The standard InChI is InChI=1S/C19H25N5O4S/c1-4-5-6-7-16(29-19-21-17(27-2)12-18(22-19)28-3)13-20-23-14-8-10-15(11-9-14)24(25)26/h8-13,16,23H,4-7H2,1-3H3. The van der Waals surface area contributed by atoms with E-state index in [4.69, 9.17) is 9.47 Å². The first-order valence-electron chi connectivity index (χ1n) is 9.23. The average molecular weight is 420 g/mol. The highest BCUT2D eigenvalue weighted by Crippen LogP contribution is 2.27. The molecule has 1 N–H and O–H groups in total. The molecule has 1 aromatic carbocycles. The molecule has 0 aliphatic carbocycles. The molecule has 1 atom stereocenters. The van der Waals surface area contributed by atoms with Crippen LogP contribution in [0, 0.1) is 10.1 Å². The summed E-state index contributed by atoms with van der Waals surface area (Å²) in [4.78, 5) is 19.0. The molecule has 2 aromatic rings. The zero-order valence-corrected chi connectivity index (χ0v) is 17.5. The molecule has 1 aromatic heterocycles. The summed E-state index contributed by atoms with van der Waals surface area (Å²) in [6.07, 6.45) is 6.02. The van der Waals surface area contributed by atoms with Crippen molar-refractivity contribution in [3.63, 3.8) is 0 Å². The molecule has 0 spiro atoms. The van der Waals surface area contributed by atoms with Gasteiger partial charge in [0.1, 0.15) is 0 Å². The molecule has 29 heavy (non-hydrogen) atoms. The van der Waals surface area contributed by atoms with E-state index in [0.29, 0.717) is 22.6 Å². The van der Waals surface area contributed by atoms with Crippen LogP contribution in [0.5, 0.6) is 11.8 Å². The number of non-ortho nitro benzene ring substituents is 1. The van der Waals surface area contributed by atoms with Crippen molar-refractivity contribution in [2.24, 2.45) is 5.10 Å². The van der Waals surface area contributed by atoms with Crippen LogP contribution in [-0.2, 0) is 0 Å². The van der Waals surface area contributed by atoms with Crippen molar-refractivity contribution in [3.05, 3.63) is 40.4 Å². The second-order valence-corrected chi connectivity index (χ2v) is 7.29. The van der Waals surface area contributed by atoms with Gasteiger partial charge >= 0.3 is 0 Å². The van der Waals surface area contributed by atoms with Gasteiger partial charge in [0.2, 0.25) is 11.8 Å². The van der Waals surface area contributed by atoms with Crippen LogP contribution in [0.15, 0.2) is 40.6 Å². The first-order chi connectivity index (χ1) is 14.0. The zero-order chi connectivity index (χ0) is 21.1. The van der Waals surface area contributed by atoms with Gasteiger partial charge in [0.05, 0.1) is 30.9 Å². The Labute approximate surface area is 174 Å². The van der Waals surface area contributed by atoms with E-state index in [2.05, 4.69) is 27.4 Å². The van der Waals surface area contributed by atoms with Gasteiger partial charge in [-0.3, -0.25) is 15.5 Å². The van der Waals surface area contributed by atoms with Crippen molar-refractivity contribution in [3.8, 4) is 11.8 Å². The lowest BCUT2D eigenvalue weighted by Crippen LogP contribution is -2.08. The van der Waals surface area contributed by atoms with Crippen LogP contribution in [0.4, 0.5) is 11.4 Å². The van der Waals surface area contributed by atoms with Gasteiger partial charge in [-0.15, -0.1) is 0 Å². The molecule has 9 nitrogen and oxygen atoms in total. The lowest BCUT2D eigenvalue weighted by Gasteiger charge is -2.12. The normalized spacial score (nSPS) is 12.0. The topological polar surface area (TPSA) is 112 Å². The van der Waals surface area contributed by atoms with E-state index in [1.54, 1.807) is 38.6 Å². The van der Waals surface area contributed by atoms with Crippen LogP contribution in [-0.4, -0.2) is 40.6 Å². The Hall–Kier alpha value is -2.88. The molecule has 0 fully saturated rings. The van der Waals surface area contributed by atoms with Gasteiger partial charge in [-0.1, -0.05) is 37.9 Å². The van der Waals surface area contributed by atoms with Gasteiger partial charge in [-0.25, -0.2) is 0 Å². The molecule has 2 rings (SSSR count). The van der Waals surface area contributed by atoms with Crippen LogP contribution in [0.25, 0.3) is 0 Å². The minimum Gasteiger partial charge on any atom is -0.481 e. The van der Waals surface area contributed by atoms with Crippen LogP contribution < -0.4 is 14.9 Å². The van der Waals surface area contributed by atoms with Gasteiger partial charge in [0.25, 0.3) is 5.69 Å². The molecular formula is C19H25N5O4S. The molecular weight excluding hydrogens is 394 g/mol. The number of nitrogens with one attached hydrogen (secondary N) is 1. The summed E-state index contributed by atoms with van der Waals surface area (Å²) in [6, 6.07) is 7.72. The summed E-state index contributed by atoms with van der Waals surface area (Å²) in [5.74, 6) is 0.875. The number of nitro groups is 1. The summed E-state index contributed by atoms with van der Waals surface area (Å²) in [6.45, 7) is 2.16. The number of rotatable bonds is 12. The van der Waals surface area contributed by atoms with Crippen molar-refractivity contribution in [1.82, 2.24) is 9.97 Å². The molecule has 0 radical (unpaired) electrons. The van der Waals surface area contributed by atoms with Crippen molar-refractivity contribution in [2.45, 2.75) is 43.0 Å². The molecule has 1 heterocycles. The molecule has 0 saturated heterocycles.